The number of ether oxygens (including phenoxy) is 1. The van der Waals surface area contributed by atoms with E-state index in [0.29, 0.717) is 30.0 Å². The van der Waals surface area contributed by atoms with E-state index in [4.69, 9.17) is 14.7 Å². The maximum Gasteiger partial charge on any atom is 0.249 e. The van der Waals surface area contributed by atoms with E-state index in [2.05, 4.69) is 20.3 Å². The van der Waals surface area contributed by atoms with Gasteiger partial charge in [-0.1, -0.05) is 6.07 Å². The number of pyridine rings is 1. The molecule has 1 saturated carbocycles. The molecule has 2 aliphatic heterocycles. The number of hydrogen-bond acceptors (Lipinski definition) is 9. The molecule has 1 atom stereocenters. The Balaban J connectivity index is 1.14. The molecule has 3 aromatic rings. The first-order valence-electron chi connectivity index (χ1n) is 11.7. The third-order valence-electron chi connectivity index (χ3n) is 6.60. The van der Waals surface area contributed by atoms with Crippen LogP contribution in [0, 0.1) is 0 Å². The maximum atomic E-state index is 12.7. The molecule has 0 aromatic carbocycles. The van der Waals surface area contributed by atoms with Crippen molar-refractivity contribution in [1.29, 1.82) is 0 Å². The number of nitrogens with zero attached hydrogens (tertiary/aromatic N) is 7. The summed E-state index contributed by atoms with van der Waals surface area (Å²) in [4.78, 5) is 39.1. The highest BCUT2D eigenvalue weighted by molar-refractivity contribution is 6.05. The van der Waals surface area contributed by atoms with Crippen molar-refractivity contribution in [2.75, 3.05) is 28.7 Å². The Morgan fingerprint density at radius 2 is 1.94 bits per heavy atom. The molecule has 0 saturated heterocycles. The number of aromatic nitrogens is 5. The molecular weight excluding hydrogens is 432 g/mol. The Morgan fingerprint density at radius 3 is 2.68 bits per heavy atom. The Hall–Kier alpha value is -3.82. The lowest BCUT2D eigenvalue weighted by molar-refractivity contribution is -0.119. The lowest BCUT2D eigenvalue weighted by Gasteiger charge is -2.41. The van der Waals surface area contributed by atoms with Gasteiger partial charge in [0.15, 0.2) is 11.6 Å². The van der Waals surface area contributed by atoms with Gasteiger partial charge in [-0.15, -0.1) is 0 Å². The fourth-order valence-electron chi connectivity index (χ4n) is 4.38. The van der Waals surface area contributed by atoms with E-state index in [0.717, 1.165) is 48.0 Å². The number of aryl methyl sites for hydroxylation is 1. The van der Waals surface area contributed by atoms with E-state index < -0.39 is 0 Å². The molecule has 0 bridgehead atoms. The van der Waals surface area contributed by atoms with Gasteiger partial charge < -0.3 is 19.9 Å². The molecule has 5 heterocycles. The Bertz CT molecular complexity index is 1230. The second kappa shape index (κ2) is 8.19. The molecule has 1 N–H and O–H groups in total. The topological polar surface area (TPSA) is 109 Å². The van der Waals surface area contributed by atoms with E-state index >= 15 is 0 Å². The highest BCUT2D eigenvalue weighted by Crippen LogP contribution is 2.40. The molecule has 1 fully saturated rings. The third-order valence-corrected chi connectivity index (χ3v) is 6.60. The van der Waals surface area contributed by atoms with Crippen molar-refractivity contribution in [3.8, 4) is 11.6 Å². The van der Waals surface area contributed by atoms with Gasteiger partial charge in [0.25, 0.3) is 0 Å². The highest BCUT2D eigenvalue weighted by atomic mass is 16.5. The summed E-state index contributed by atoms with van der Waals surface area (Å²) >= 11 is 0. The van der Waals surface area contributed by atoms with E-state index in [-0.39, 0.29) is 11.9 Å². The summed E-state index contributed by atoms with van der Waals surface area (Å²) < 4.78 is 5.77. The molecule has 34 heavy (non-hydrogen) atoms. The van der Waals surface area contributed by atoms with Crippen molar-refractivity contribution >= 4 is 23.4 Å². The first kappa shape index (κ1) is 20.8. The lowest BCUT2D eigenvalue weighted by atomic mass is 10.0. The van der Waals surface area contributed by atoms with Crippen molar-refractivity contribution in [2.45, 2.75) is 51.1 Å². The van der Waals surface area contributed by atoms with Gasteiger partial charge in [-0.25, -0.2) is 19.9 Å². The Morgan fingerprint density at radius 1 is 1.12 bits per heavy atom. The quantitative estimate of drug-likeness (QED) is 0.596. The number of amides is 1. The first-order valence-corrected chi connectivity index (χ1v) is 11.7. The summed E-state index contributed by atoms with van der Waals surface area (Å²) in [5.41, 5.74) is 2.75. The molecule has 10 heteroatoms. The van der Waals surface area contributed by atoms with E-state index in [1.165, 1.54) is 12.8 Å². The zero-order valence-electron chi connectivity index (χ0n) is 19.2. The monoisotopic (exact) mass is 458 g/mol. The summed E-state index contributed by atoms with van der Waals surface area (Å²) in [5.74, 6) is 3.93. The summed E-state index contributed by atoms with van der Waals surface area (Å²) in [6, 6.07) is 3.53. The zero-order valence-corrected chi connectivity index (χ0v) is 19.2. The maximum absolute atomic E-state index is 12.7. The van der Waals surface area contributed by atoms with Gasteiger partial charge in [0.05, 0.1) is 18.1 Å². The van der Waals surface area contributed by atoms with Gasteiger partial charge >= 0.3 is 0 Å². The van der Waals surface area contributed by atoms with Crippen molar-refractivity contribution in [1.82, 2.24) is 24.9 Å². The Labute approximate surface area is 197 Å². The van der Waals surface area contributed by atoms with Gasteiger partial charge in [0, 0.05) is 38.3 Å². The summed E-state index contributed by atoms with van der Waals surface area (Å²) in [5, 5.41) is 3.31. The van der Waals surface area contributed by atoms with Crippen LogP contribution in [-0.4, -0.2) is 50.5 Å². The highest BCUT2D eigenvalue weighted by Gasteiger charge is 2.38. The molecule has 1 aliphatic carbocycles. The van der Waals surface area contributed by atoms with Gasteiger partial charge in [-0.2, -0.15) is 4.98 Å². The van der Waals surface area contributed by atoms with E-state index in [1.54, 1.807) is 18.6 Å². The zero-order chi connectivity index (χ0) is 23.2. The third kappa shape index (κ3) is 3.78. The summed E-state index contributed by atoms with van der Waals surface area (Å²) in [6.07, 6.45) is 9.24. The van der Waals surface area contributed by atoms with Crippen molar-refractivity contribution in [3.63, 3.8) is 0 Å². The van der Waals surface area contributed by atoms with Crippen LogP contribution in [0.3, 0.4) is 0 Å². The van der Waals surface area contributed by atoms with E-state index in [1.807, 2.05) is 35.9 Å². The predicted molar refractivity (Wildman–Crippen MR) is 126 cm³/mol. The summed E-state index contributed by atoms with van der Waals surface area (Å²) in [7, 11) is 1.91. The fraction of sp³-hybridized carbons (Fsp3) is 0.417. The predicted octanol–water partition coefficient (Wildman–Crippen LogP) is 3.06. The number of nitrogens with one attached hydrogen (secondary N) is 1. The van der Waals surface area contributed by atoms with Crippen molar-refractivity contribution in [3.05, 3.63) is 47.8 Å². The molecule has 3 aliphatic rings. The van der Waals surface area contributed by atoms with E-state index in [9.17, 15) is 4.79 Å². The standard InChI is InChI=1S/C24H26N8O2/c1-14-23(33)32-9-3-4-18-20(32)22(31(14)2)30-24(29-18)28-11-15-5-8-19(25-10-15)34-17-12-26-21(27-13-17)16-6-7-16/h5,8,10,12-14,16H,3-4,6-7,9,11H2,1-2H3,(H,28,29,30)/t14-/m0/s1. The minimum absolute atomic E-state index is 0.110. The fourth-order valence-corrected chi connectivity index (χ4v) is 4.38. The molecular formula is C24H26N8O2. The average Bonchev–Trinajstić information content (AvgIpc) is 3.71. The number of carbonyl (C=O) groups is 1. The normalized spacial score (nSPS) is 19.1. The molecule has 10 nitrogen and oxygen atoms in total. The van der Waals surface area contributed by atoms with Crippen LogP contribution >= 0.6 is 0 Å². The molecule has 0 spiro atoms. The van der Waals surface area contributed by atoms with Crippen LogP contribution in [0.1, 0.15) is 49.2 Å². The van der Waals surface area contributed by atoms with Crippen LogP contribution in [0.25, 0.3) is 0 Å². The minimum atomic E-state index is -0.242. The van der Waals surface area contributed by atoms with Crippen molar-refractivity contribution in [2.24, 2.45) is 0 Å². The van der Waals surface area contributed by atoms with Crippen molar-refractivity contribution < 1.29 is 9.53 Å². The molecule has 6 rings (SSSR count). The number of carbonyl (C=O) groups excluding carboxylic acids is 1. The molecule has 174 valence electrons. The minimum Gasteiger partial charge on any atom is -0.436 e. The number of likely N-dealkylation sites (N-methyl/N-ethyl adjacent to an activating group) is 1. The molecule has 3 aromatic heterocycles. The van der Waals surface area contributed by atoms with Crippen LogP contribution < -0.4 is 19.9 Å². The largest absolute Gasteiger partial charge is 0.436 e. The molecule has 0 radical (unpaired) electrons. The number of rotatable bonds is 6. The van der Waals surface area contributed by atoms with Gasteiger partial charge in [-0.3, -0.25) is 4.79 Å². The average molecular weight is 459 g/mol. The van der Waals surface area contributed by atoms with Gasteiger partial charge in [0.1, 0.15) is 17.6 Å². The van der Waals surface area contributed by atoms with Crippen LogP contribution in [0.5, 0.6) is 11.6 Å². The summed E-state index contributed by atoms with van der Waals surface area (Å²) in [6.45, 7) is 3.16. The lowest BCUT2D eigenvalue weighted by Crippen LogP contribution is -2.53. The smallest absolute Gasteiger partial charge is 0.249 e. The van der Waals surface area contributed by atoms with Crippen LogP contribution in [-0.2, 0) is 17.8 Å². The molecule has 1 amide bonds. The van der Waals surface area contributed by atoms with Crippen LogP contribution in [0.15, 0.2) is 30.7 Å². The van der Waals surface area contributed by atoms with Crippen LogP contribution in [0.2, 0.25) is 0 Å². The second-order valence-electron chi connectivity index (χ2n) is 9.06. The van der Waals surface area contributed by atoms with Gasteiger partial charge in [-0.05, 0) is 38.2 Å². The Kier molecular flexibility index (Phi) is 5.00. The SMILES string of the molecule is C[C@H]1C(=O)N2CCCc3nc(NCc4ccc(Oc5cnc(C6CC6)nc5)nc4)nc(c32)N1C. The number of anilines is 3. The second-order valence-corrected chi connectivity index (χ2v) is 9.06. The molecule has 0 unspecified atom stereocenters. The first-order chi connectivity index (χ1) is 16.6. The van der Waals surface area contributed by atoms with Crippen LogP contribution in [0.4, 0.5) is 17.5 Å². The van der Waals surface area contributed by atoms with Gasteiger partial charge in [0.2, 0.25) is 17.7 Å². The number of hydrogen-bond donors (Lipinski definition) is 1.